The molecule has 0 bridgehead atoms. The van der Waals surface area contributed by atoms with Gasteiger partial charge in [0, 0.05) is 18.9 Å². The second-order valence-corrected chi connectivity index (χ2v) is 6.44. The van der Waals surface area contributed by atoms with Gasteiger partial charge in [-0.05, 0) is 37.5 Å². The van der Waals surface area contributed by atoms with Gasteiger partial charge in [-0.15, -0.1) is 0 Å². The Morgan fingerprint density at radius 3 is 2.67 bits per heavy atom. The van der Waals surface area contributed by atoms with E-state index >= 15 is 0 Å². The first-order valence-electron chi connectivity index (χ1n) is 5.95. The quantitative estimate of drug-likeness (QED) is 0.815. The van der Waals surface area contributed by atoms with Gasteiger partial charge in [0.05, 0.1) is 10.9 Å². The van der Waals surface area contributed by atoms with Crippen molar-refractivity contribution >= 4 is 21.4 Å². The third-order valence-corrected chi connectivity index (χ3v) is 5.09. The van der Waals surface area contributed by atoms with Gasteiger partial charge in [0.15, 0.2) is 0 Å². The fraction of sp³-hybridized carbons (Fsp3) is 0.500. The third-order valence-electron chi connectivity index (χ3n) is 3.24. The normalized spacial score (nSPS) is 17.6. The van der Waals surface area contributed by atoms with Gasteiger partial charge in [-0.25, -0.2) is 8.42 Å². The van der Waals surface area contributed by atoms with E-state index in [-0.39, 0.29) is 5.25 Å². The Balaban J connectivity index is 2.19. The molecule has 1 fully saturated rings. The molecule has 0 amide bonds. The van der Waals surface area contributed by atoms with Crippen LogP contribution in [0, 0.1) is 6.92 Å². The Morgan fingerprint density at radius 1 is 1.33 bits per heavy atom. The van der Waals surface area contributed by atoms with Gasteiger partial charge in [-0.2, -0.15) is 0 Å². The zero-order valence-electron chi connectivity index (χ0n) is 10.3. The van der Waals surface area contributed by atoms with Crippen LogP contribution in [0.15, 0.2) is 18.2 Å². The SMILES string of the molecule is Cc1c(N)cccc1NS(=O)(=O)C1CCOCC1. The summed E-state index contributed by atoms with van der Waals surface area (Å²) >= 11 is 0. The van der Waals surface area contributed by atoms with E-state index in [4.69, 9.17) is 10.5 Å². The molecule has 6 heteroatoms. The summed E-state index contributed by atoms with van der Waals surface area (Å²) in [4.78, 5) is 0. The molecule has 3 N–H and O–H groups in total. The number of ether oxygens (including phenoxy) is 1. The van der Waals surface area contributed by atoms with Gasteiger partial charge in [0.1, 0.15) is 0 Å². The first kappa shape index (κ1) is 13.2. The highest BCUT2D eigenvalue weighted by molar-refractivity contribution is 7.93. The molecule has 0 atom stereocenters. The van der Waals surface area contributed by atoms with Crippen LogP contribution in [0.5, 0.6) is 0 Å². The summed E-state index contributed by atoms with van der Waals surface area (Å²) in [5.41, 5.74) is 7.66. The average molecular weight is 270 g/mol. The number of nitrogens with two attached hydrogens (primary N) is 1. The van der Waals surface area contributed by atoms with E-state index in [1.807, 2.05) is 0 Å². The first-order valence-corrected chi connectivity index (χ1v) is 7.50. The van der Waals surface area contributed by atoms with Gasteiger partial charge in [-0.1, -0.05) is 6.07 Å². The number of rotatable bonds is 3. The van der Waals surface area contributed by atoms with Crippen LogP contribution < -0.4 is 10.5 Å². The molecule has 0 spiro atoms. The van der Waals surface area contributed by atoms with Crippen molar-refractivity contribution in [3.8, 4) is 0 Å². The monoisotopic (exact) mass is 270 g/mol. The minimum absolute atomic E-state index is 0.382. The third kappa shape index (κ3) is 2.76. The minimum Gasteiger partial charge on any atom is -0.398 e. The molecule has 1 aliphatic heterocycles. The molecular formula is C12H18N2O3S. The van der Waals surface area contributed by atoms with E-state index in [0.29, 0.717) is 37.4 Å². The number of hydrogen-bond acceptors (Lipinski definition) is 4. The molecule has 0 aliphatic carbocycles. The Hall–Kier alpha value is -1.27. The lowest BCUT2D eigenvalue weighted by atomic mass is 10.2. The van der Waals surface area contributed by atoms with Gasteiger partial charge < -0.3 is 10.5 Å². The smallest absolute Gasteiger partial charge is 0.235 e. The first-order chi connectivity index (χ1) is 8.50. The van der Waals surface area contributed by atoms with E-state index < -0.39 is 10.0 Å². The number of nitrogen functional groups attached to an aromatic ring is 1. The van der Waals surface area contributed by atoms with Crippen molar-refractivity contribution in [3.05, 3.63) is 23.8 Å². The highest BCUT2D eigenvalue weighted by atomic mass is 32.2. The topological polar surface area (TPSA) is 81.4 Å². The van der Waals surface area contributed by atoms with Gasteiger partial charge in [0.25, 0.3) is 0 Å². The van der Waals surface area contributed by atoms with Crippen LogP contribution in [0.2, 0.25) is 0 Å². The fourth-order valence-corrected chi connectivity index (χ4v) is 3.49. The molecule has 1 saturated heterocycles. The summed E-state index contributed by atoms with van der Waals surface area (Å²) in [5.74, 6) is 0. The summed E-state index contributed by atoms with van der Waals surface area (Å²) in [6.45, 7) is 2.81. The van der Waals surface area contributed by atoms with E-state index in [2.05, 4.69) is 4.72 Å². The molecule has 100 valence electrons. The standard InChI is InChI=1S/C12H18N2O3S/c1-9-11(13)3-2-4-12(9)14-18(15,16)10-5-7-17-8-6-10/h2-4,10,14H,5-8,13H2,1H3. The molecule has 0 unspecified atom stereocenters. The molecule has 1 aromatic rings. The average Bonchev–Trinajstić information content (AvgIpc) is 2.36. The van der Waals surface area contributed by atoms with Gasteiger partial charge >= 0.3 is 0 Å². The van der Waals surface area contributed by atoms with Gasteiger partial charge in [-0.3, -0.25) is 4.72 Å². The molecule has 18 heavy (non-hydrogen) atoms. The van der Waals surface area contributed by atoms with E-state index in [1.165, 1.54) is 0 Å². The number of hydrogen-bond donors (Lipinski definition) is 2. The summed E-state index contributed by atoms with van der Waals surface area (Å²) < 4.78 is 32.2. The largest absolute Gasteiger partial charge is 0.398 e. The maximum atomic E-state index is 12.2. The van der Waals surface area contributed by atoms with Crippen molar-refractivity contribution in [2.45, 2.75) is 25.0 Å². The van der Waals surface area contributed by atoms with Crippen molar-refractivity contribution in [1.29, 1.82) is 0 Å². The van der Waals surface area contributed by atoms with Crippen molar-refractivity contribution in [1.82, 2.24) is 0 Å². The van der Waals surface area contributed by atoms with E-state index in [0.717, 1.165) is 5.56 Å². The van der Waals surface area contributed by atoms with Crippen LogP contribution >= 0.6 is 0 Å². The summed E-state index contributed by atoms with van der Waals surface area (Å²) in [5, 5.41) is -0.382. The summed E-state index contributed by atoms with van der Waals surface area (Å²) in [7, 11) is -3.36. The molecule has 0 saturated carbocycles. The Bertz CT molecular complexity index is 522. The van der Waals surface area contributed by atoms with Crippen LogP contribution in [0.25, 0.3) is 0 Å². The number of sulfonamides is 1. The minimum atomic E-state index is -3.36. The van der Waals surface area contributed by atoms with Gasteiger partial charge in [0.2, 0.25) is 10.0 Å². The van der Waals surface area contributed by atoms with E-state index in [1.54, 1.807) is 25.1 Å². The Morgan fingerprint density at radius 2 is 2.00 bits per heavy atom. The second kappa shape index (κ2) is 5.16. The van der Waals surface area contributed by atoms with Crippen LogP contribution in [0.1, 0.15) is 18.4 Å². The lowest BCUT2D eigenvalue weighted by molar-refractivity contribution is 0.0984. The fourth-order valence-electron chi connectivity index (χ4n) is 1.99. The Labute approximate surface area is 107 Å². The molecule has 1 aliphatic rings. The highest BCUT2D eigenvalue weighted by Gasteiger charge is 2.28. The molecule has 1 aromatic carbocycles. The predicted octanol–water partition coefficient (Wildman–Crippen LogP) is 1.50. The molecule has 5 nitrogen and oxygen atoms in total. The number of benzene rings is 1. The van der Waals surface area contributed by atoms with Crippen LogP contribution in [0.4, 0.5) is 11.4 Å². The zero-order chi connectivity index (χ0) is 13.2. The lowest BCUT2D eigenvalue weighted by Crippen LogP contribution is -2.33. The highest BCUT2D eigenvalue weighted by Crippen LogP contribution is 2.24. The van der Waals surface area contributed by atoms with Crippen LogP contribution in [0.3, 0.4) is 0 Å². The predicted molar refractivity (Wildman–Crippen MR) is 72.0 cm³/mol. The summed E-state index contributed by atoms with van der Waals surface area (Å²) in [6, 6.07) is 5.22. The molecule has 2 rings (SSSR count). The Kier molecular flexibility index (Phi) is 3.77. The lowest BCUT2D eigenvalue weighted by Gasteiger charge is -2.23. The summed E-state index contributed by atoms with van der Waals surface area (Å²) in [6.07, 6.45) is 1.08. The molecule has 0 radical (unpaired) electrons. The van der Waals surface area contributed by atoms with Crippen LogP contribution in [-0.2, 0) is 14.8 Å². The van der Waals surface area contributed by atoms with Crippen LogP contribution in [-0.4, -0.2) is 26.9 Å². The van der Waals surface area contributed by atoms with Crippen molar-refractivity contribution in [2.75, 3.05) is 23.7 Å². The molecule has 1 heterocycles. The second-order valence-electron chi connectivity index (χ2n) is 4.48. The number of anilines is 2. The van der Waals surface area contributed by atoms with E-state index in [9.17, 15) is 8.42 Å². The molecule has 0 aromatic heterocycles. The number of nitrogens with one attached hydrogen (secondary N) is 1. The maximum absolute atomic E-state index is 12.2. The zero-order valence-corrected chi connectivity index (χ0v) is 11.2. The van der Waals surface area contributed by atoms with Crippen molar-refractivity contribution in [2.24, 2.45) is 0 Å². The maximum Gasteiger partial charge on any atom is 0.235 e. The van der Waals surface area contributed by atoms with Crippen molar-refractivity contribution < 1.29 is 13.2 Å². The van der Waals surface area contributed by atoms with Crippen molar-refractivity contribution in [3.63, 3.8) is 0 Å². The molecular weight excluding hydrogens is 252 g/mol.